The number of anilines is 2. The third-order valence-corrected chi connectivity index (χ3v) is 16.4. The average Bonchev–Trinajstić information content (AvgIpc) is 3.99. The van der Waals surface area contributed by atoms with Crippen molar-refractivity contribution in [2.75, 3.05) is 4.81 Å². The van der Waals surface area contributed by atoms with Crippen LogP contribution < -0.4 is 15.7 Å². The summed E-state index contributed by atoms with van der Waals surface area (Å²) in [5, 5.41) is 7.41. The Hall–Kier alpha value is -6.56. The Balaban J connectivity index is 1.14. The summed E-state index contributed by atoms with van der Waals surface area (Å²) in [6.07, 6.45) is 0. The highest BCUT2D eigenvalue weighted by Crippen LogP contribution is 2.55. The smallest absolute Gasteiger partial charge is 0.333 e. The van der Waals surface area contributed by atoms with E-state index in [1.54, 1.807) is 0 Å². The predicted octanol–water partition coefficient (Wildman–Crippen LogP) is 15.2. The maximum Gasteiger partial charge on any atom is 0.333 e. The van der Waals surface area contributed by atoms with Gasteiger partial charge in [-0.2, -0.15) is 0 Å². The minimum absolute atomic E-state index is 0.0365. The number of fused-ring (bicyclic) bond motifs is 17. The van der Waals surface area contributed by atoms with E-state index in [0.29, 0.717) is 0 Å². The minimum atomic E-state index is -0.163. The zero-order valence-corrected chi connectivity index (χ0v) is 38.4. The van der Waals surface area contributed by atoms with Crippen molar-refractivity contribution in [3.63, 3.8) is 0 Å². The van der Waals surface area contributed by atoms with Crippen molar-refractivity contribution >= 4 is 104 Å². The van der Waals surface area contributed by atoms with E-state index >= 15 is 0 Å². The van der Waals surface area contributed by atoms with Gasteiger partial charge in [0.2, 0.25) is 0 Å². The molecule has 1 aliphatic carbocycles. The van der Waals surface area contributed by atoms with Crippen LogP contribution in [-0.4, -0.2) is 11.4 Å². The topological polar surface area (TPSA) is 21.3 Å². The van der Waals surface area contributed by atoms with Gasteiger partial charge in [0, 0.05) is 69.8 Å². The van der Waals surface area contributed by atoms with Crippen molar-refractivity contribution in [1.29, 1.82) is 0 Å². The minimum Gasteiger partial charge on any atom is -0.456 e. The first-order valence-corrected chi connectivity index (χ1v) is 23.7. The lowest BCUT2D eigenvalue weighted by Crippen LogP contribution is -2.60. The van der Waals surface area contributed by atoms with Crippen molar-refractivity contribution in [2.45, 2.75) is 71.6 Å². The second-order valence-corrected chi connectivity index (χ2v) is 22.4. The largest absolute Gasteiger partial charge is 0.456 e. The highest BCUT2D eigenvalue weighted by Gasteiger charge is 2.46. The van der Waals surface area contributed by atoms with Crippen LogP contribution in [0.15, 0.2) is 144 Å². The molecular formula is C59H47BN2OS. The Labute approximate surface area is 377 Å². The van der Waals surface area contributed by atoms with Crippen LogP contribution in [0.3, 0.4) is 0 Å². The highest BCUT2D eigenvalue weighted by atomic mass is 32.1. The molecule has 3 aliphatic rings. The Kier molecular flexibility index (Phi) is 6.89. The van der Waals surface area contributed by atoms with Crippen LogP contribution in [0.4, 0.5) is 11.4 Å². The summed E-state index contributed by atoms with van der Waals surface area (Å²) in [5.74, 6) is 0. The Morgan fingerprint density at radius 1 is 0.516 bits per heavy atom. The van der Waals surface area contributed by atoms with Crippen molar-refractivity contribution in [2.24, 2.45) is 0 Å². The van der Waals surface area contributed by atoms with Gasteiger partial charge in [-0.1, -0.05) is 134 Å². The van der Waals surface area contributed by atoms with E-state index in [2.05, 4.69) is 204 Å². The third kappa shape index (κ3) is 4.68. The number of thiophene rings is 1. The second-order valence-electron chi connectivity index (χ2n) is 21.3. The quantitative estimate of drug-likeness (QED) is 0.154. The molecule has 5 heteroatoms. The number of rotatable bonds is 1. The molecule has 0 spiro atoms. The molecule has 0 unspecified atom stereocenters. The number of hydrogen-bond acceptors (Lipinski definition) is 3. The molecule has 3 aromatic heterocycles. The van der Waals surface area contributed by atoms with E-state index in [9.17, 15) is 0 Å². The molecule has 0 saturated carbocycles. The SMILES string of the molecule is CC(C)(C)c1ccc(N2B3c4cc5sc6ccccc6c5cc4-n4c5cc6c(cc5c5ccc(c3c54)-c3cc4c(cc32)-c2ccc(C(C)(C)C)cc2C4(C)C)oc2ccccc26)cc1. The van der Waals surface area contributed by atoms with Gasteiger partial charge in [-0.15, -0.1) is 11.3 Å². The van der Waals surface area contributed by atoms with Crippen LogP contribution in [0.1, 0.15) is 77.6 Å². The molecule has 0 bridgehead atoms. The van der Waals surface area contributed by atoms with E-state index in [1.165, 1.54) is 114 Å². The van der Waals surface area contributed by atoms with Gasteiger partial charge in [-0.05, 0) is 121 Å². The number of benzene rings is 8. The summed E-state index contributed by atoms with van der Waals surface area (Å²) in [4.78, 5) is 2.71. The van der Waals surface area contributed by atoms with Crippen molar-refractivity contribution in [3.8, 4) is 27.9 Å². The monoisotopic (exact) mass is 842 g/mol. The molecule has 64 heavy (non-hydrogen) atoms. The summed E-state index contributed by atoms with van der Waals surface area (Å²) < 4.78 is 11.9. The summed E-state index contributed by atoms with van der Waals surface area (Å²) in [6, 6.07) is 53.9. The standard InChI is InChI=1S/C59H47BN2OS/c1-57(2,3)32-17-20-34(21-18-32)62-49-27-40-35-22-19-33(58(4,5)6)25-45(35)59(7,8)46(40)26-41(49)38-23-24-39-42-30-52-43(36-13-9-11-15-51(36)63-52)28-48(42)61-50-29-44-37-14-10-12-16-53(37)64-54(44)31-47(50)60(62)55(38)56(39)61/h9-31H,1-8H3. The van der Waals surface area contributed by atoms with E-state index in [-0.39, 0.29) is 23.1 Å². The normalized spacial score (nSPS) is 14.9. The Morgan fingerprint density at radius 3 is 2.03 bits per heavy atom. The number of furan rings is 1. The van der Waals surface area contributed by atoms with Crippen molar-refractivity contribution < 1.29 is 4.42 Å². The van der Waals surface area contributed by atoms with Gasteiger partial charge in [0.05, 0.1) is 11.0 Å². The lowest BCUT2D eigenvalue weighted by Gasteiger charge is -2.42. The Bertz CT molecular complexity index is 3900. The van der Waals surface area contributed by atoms with Gasteiger partial charge in [0.25, 0.3) is 0 Å². The van der Waals surface area contributed by atoms with Crippen molar-refractivity contribution in [3.05, 3.63) is 162 Å². The number of aromatic nitrogens is 1. The van der Waals surface area contributed by atoms with Gasteiger partial charge in [0.1, 0.15) is 11.2 Å². The molecule has 0 fully saturated rings. The fraction of sp³-hybridized carbons (Fsp3) is 0.186. The molecule has 0 N–H and O–H groups in total. The average molecular weight is 843 g/mol. The molecule has 0 saturated heterocycles. The summed E-state index contributed by atoms with van der Waals surface area (Å²) >= 11 is 1.91. The Morgan fingerprint density at radius 2 is 1.23 bits per heavy atom. The van der Waals surface area contributed by atoms with E-state index in [4.69, 9.17) is 4.42 Å². The van der Waals surface area contributed by atoms with Crippen LogP contribution in [0.2, 0.25) is 0 Å². The van der Waals surface area contributed by atoms with Crippen LogP contribution in [0.5, 0.6) is 0 Å². The fourth-order valence-corrected chi connectivity index (χ4v) is 13.1. The molecule has 11 aromatic rings. The highest BCUT2D eigenvalue weighted by molar-refractivity contribution is 7.26. The van der Waals surface area contributed by atoms with Crippen molar-refractivity contribution in [1.82, 2.24) is 4.57 Å². The zero-order chi connectivity index (χ0) is 43.3. The maximum atomic E-state index is 6.59. The second kappa shape index (κ2) is 12.0. The number of nitrogens with zero attached hydrogens (tertiary/aromatic N) is 2. The predicted molar refractivity (Wildman–Crippen MR) is 275 cm³/mol. The van der Waals surface area contributed by atoms with Gasteiger partial charge in [-0.3, -0.25) is 0 Å². The number of hydrogen-bond donors (Lipinski definition) is 0. The first-order chi connectivity index (χ1) is 30.7. The van der Waals surface area contributed by atoms with E-state index in [0.717, 1.165) is 21.9 Å². The lowest BCUT2D eigenvalue weighted by molar-refractivity contribution is 0.584. The molecule has 0 radical (unpaired) electrons. The fourth-order valence-electron chi connectivity index (χ4n) is 11.9. The van der Waals surface area contributed by atoms with Crippen LogP contribution >= 0.6 is 11.3 Å². The van der Waals surface area contributed by atoms with Crippen LogP contribution in [0.25, 0.3) is 91.9 Å². The first kappa shape index (κ1) is 36.9. The van der Waals surface area contributed by atoms with E-state index in [1.807, 2.05) is 11.3 Å². The molecule has 308 valence electrons. The van der Waals surface area contributed by atoms with Crippen LogP contribution in [0, 0.1) is 0 Å². The molecule has 5 heterocycles. The number of para-hydroxylation sites is 1. The van der Waals surface area contributed by atoms with E-state index < -0.39 is 0 Å². The van der Waals surface area contributed by atoms with Gasteiger partial charge >= 0.3 is 6.85 Å². The summed E-state index contributed by atoms with van der Waals surface area (Å²) in [6.45, 7) is 18.7. The van der Waals surface area contributed by atoms with Crippen LogP contribution in [-0.2, 0) is 16.2 Å². The molecule has 2 aliphatic heterocycles. The molecule has 0 amide bonds. The molecule has 3 nitrogen and oxygen atoms in total. The summed E-state index contributed by atoms with van der Waals surface area (Å²) in [7, 11) is 0. The summed E-state index contributed by atoms with van der Waals surface area (Å²) in [5.41, 5.74) is 21.6. The van der Waals surface area contributed by atoms with Gasteiger partial charge < -0.3 is 13.8 Å². The molecular weight excluding hydrogens is 796 g/mol. The van der Waals surface area contributed by atoms with Gasteiger partial charge in [-0.25, -0.2) is 0 Å². The molecule has 14 rings (SSSR count). The lowest BCUT2D eigenvalue weighted by atomic mass is 9.44. The van der Waals surface area contributed by atoms with Gasteiger partial charge in [0.15, 0.2) is 0 Å². The molecule has 0 atom stereocenters. The maximum absolute atomic E-state index is 6.59. The third-order valence-electron chi connectivity index (χ3n) is 15.3. The first-order valence-electron chi connectivity index (χ1n) is 22.9. The zero-order valence-electron chi connectivity index (χ0n) is 37.6. The molecule has 8 aromatic carbocycles.